The predicted octanol–water partition coefficient (Wildman–Crippen LogP) is 2.50. The van der Waals surface area contributed by atoms with E-state index >= 15 is 0 Å². The molecule has 1 aliphatic carbocycles. The molecule has 1 saturated heterocycles. The zero-order valence-electron chi connectivity index (χ0n) is 16.7. The molecule has 2 aliphatic rings. The summed E-state index contributed by atoms with van der Waals surface area (Å²) in [7, 11) is 0. The number of nitrogens with one attached hydrogen (secondary N) is 2. The van der Waals surface area contributed by atoms with Crippen LogP contribution in [0.3, 0.4) is 0 Å². The highest BCUT2D eigenvalue weighted by atomic mass is 35.5. The summed E-state index contributed by atoms with van der Waals surface area (Å²) >= 11 is 5.85. The molecule has 0 radical (unpaired) electrons. The van der Waals surface area contributed by atoms with Crippen molar-refractivity contribution in [2.45, 2.75) is 44.6 Å². The Bertz CT molecular complexity index is 784. The molecule has 1 saturated carbocycles. The smallest absolute Gasteiger partial charge is 0.321 e. The van der Waals surface area contributed by atoms with Crippen molar-refractivity contribution in [3.63, 3.8) is 0 Å². The predicted molar refractivity (Wildman–Crippen MR) is 110 cm³/mol. The highest BCUT2D eigenvalue weighted by Gasteiger charge is 2.29. The number of halogens is 1. The Labute approximate surface area is 180 Å². The van der Waals surface area contributed by atoms with Crippen LogP contribution >= 0.6 is 11.6 Å². The summed E-state index contributed by atoms with van der Waals surface area (Å²) in [5, 5.41) is 5.48. The lowest BCUT2D eigenvalue weighted by molar-refractivity contribution is -0.153. The quantitative estimate of drug-likeness (QED) is 0.691. The first-order valence-electron chi connectivity index (χ1n) is 10.2. The number of amides is 4. The number of ether oxygens (including phenoxy) is 1. The normalized spacial score (nSPS) is 17.4. The molecule has 2 fully saturated rings. The molecule has 1 heterocycles. The van der Waals surface area contributed by atoms with Crippen LogP contribution in [0.2, 0.25) is 5.02 Å². The molecule has 162 valence electrons. The fourth-order valence-corrected chi connectivity index (χ4v) is 3.93. The molecule has 0 unspecified atom stereocenters. The van der Waals surface area contributed by atoms with E-state index in [0.717, 1.165) is 25.7 Å². The van der Waals surface area contributed by atoms with Gasteiger partial charge >= 0.3 is 12.0 Å². The van der Waals surface area contributed by atoms with Crippen LogP contribution in [0.1, 0.15) is 48.9 Å². The van der Waals surface area contributed by atoms with Crippen molar-refractivity contribution in [1.82, 2.24) is 15.5 Å². The number of hydrogen-bond acceptors (Lipinski definition) is 5. The number of urea groups is 1. The number of nitrogens with zero attached hydrogens (tertiary/aromatic N) is 1. The maximum absolute atomic E-state index is 12.5. The van der Waals surface area contributed by atoms with E-state index in [0.29, 0.717) is 36.5 Å². The van der Waals surface area contributed by atoms with Gasteiger partial charge in [-0.2, -0.15) is 0 Å². The number of benzene rings is 1. The zero-order valence-corrected chi connectivity index (χ0v) is 17.5. The van der Waals surface area contributed by atoms with E-state index < -0.39 is 24.5 Å². The number of imide groups is 1. The molecule has 4 amide bonds. The molecule has 0 aromatic heterocycles. The molecule has 0 spiro atoms. The summed E-state index contributed by atoms with van der Waals surface area (Å²) in [6.45, 7) is 0.356. The second-order valence-electron chi connectivity index (χ2n) is 7.68. The summed E-state index contributed by atoms with van der Waals surface area (Å²) in [5.41, 5.74) is 0.549. The molecule has 0 bridgehead atoms. The Morgan fingerprint density at radius 1 is 1.00 bits per heavy atom. The van der Waals surface area contributed by atoms with Crippen LogP contribution in [0.4, 0.5) is 4.79 Å². The largest absolute Gasteiger partial charge is 0.455 e. The fraction of sp³-hybridized carbons (Fsp3) is 0.524. The number of esters is 1. The summed E-state index contributed by atoms with van der Waals surface area (Å²) in [4.78, 5) is 50.0. The molecular formula is C21H26ClN3O5. The van der Waals surface area contributed by atoms with E-state index in [4.69, 9.17) is 16.3 Å². The minimum Gasteiger partial charge on any atom is -0.455 e. The molecule has 0 atom stereocenters. The maximum atomic E-state index is 12.5. The Balaban J connectivity index is 1.36. The van der Waals surface area contributed by atoms with Gasteiger partial charge in [0.1, 0.15) is 0 Å². The standard InChI is InChI=1S/C21H26ClN3O5/c22-16-7-5-14(6-8-16)19(27)25-11-9-15(10-12-25)20(28)30-13-18(26)24-21(29)23-17-3-1-2-4-17/h5-8,15,17H,1-4,9-13H2,(H2,23,24,26,29). The first-order valence-corrected chi connectivity index (χ1v) is 10.6. The van der Waals surface area contributed by atoms with Crippen LogP contribution in [-0.2, 0) is 14.3 Å². The minimum absolute atomic E-state index is 0.0983. The summed E-state index contributed by atoms with van der Waals surface area (Å²) in [6.07, 6.45) is 4.89. The van der Waals surface area contributed by atoms with Crippen LogP contribution in [0.15, 0.2) is 24.3 Å². The molecule has 8 nitrogen and oxygen atoms in total. The second kappa shape index (κ2) is 10.4. The first kappa shape index (κ1) is 22.1. The van der Waals surface area contributed by atoms with Crippen molar-refractivity contribution in [3.8, 4) is 0 Å². The van der Waals surface area contributed by atoms with Crippen molar-refractivity contribution in [3.05, 3.63) is 34.9 Å². The number of piperidine rings is 1. The van der Waals surface area contributed by atoms with E-state index in [1.165, 1.54) is 0 Å². The van der Waals surface area contributed by atoms with Gasteiger partial charge in [-0.25, -0.2) is 4.79 Å². The third kappa shape index (κ3) is 6.19. The van der Waals surface area contributed by atoms with E-state index in [1.807, 2.05) is 0 Å². The highest BCUT2D eigenvalue weighted by Crippen LogP contribution is 2.21. The summed E-state index contributed by atoms with van der Waals surface area (Å²) in [6, 6.07) is 6.22. The maximum Gasteiger partial charge on any atom is 0.321 e. The van der Waals surface area contributed by atoms with Crippen LogP contribution < -0.4 is 10.6 Å². The van der Waals surface area contributed by atoms with E-state index in [-0.39, 0.29) is 17.9 Å². The van der Waals surface area contributed by atoms with Crippen molar-refractivity contribution in [2.24, 2.45) is 5.92 Å². The minimum atomic E-state index is -0.658. The van der Waals surface area contributed by atoms with Gasteiger partial charge in [0, 0.05) is 29.7 Å². The van der Waals surface area contributed by atoms with Gasteiger partial charge in [0.05, 0.1) is 5.92 Å². The van der Waals surface area contributed by atoms with Gasteiger partial charge in [-0.05, 0) is 49.9 Å². The Kier molecular flexibility index (Phi) is 7.68. The molecule has 3 rings (SSSR count). The topological polar surface area (TPSA) is 105 Å². The SMILES string of the molecule is O=C(COC(=O)C1CCN(C(=O)c2ccc(Cl)cc2)CC1)NC(=O)NC1CCCC1. The first-order chi connectivity index (χ1) is 14.4. The summed E-state index contributed by atoms with van der Waals surface area (Å²) < 4.78 is 5.06. The van der Waals surface area contributed by atoms with Gasteiger partial charge in [0.25, 0.3) is 11.8 Å². The van der Waals surface area contributed by atoms with E-state index in [9.17, 15) is 19.2 Å². The van der Waals surface area contributed by atoms with E-state index in [2.05, 4.69) is 10.6 Å². The third-order valence-electron chi connectivity index (χ3n) is 5.50. The number of hydrogen-bond donors (Lipinski definition) is 2. The molecule has 9 heteroatoms. The average molecular weight is 436 g/mol. The molecule has 2 N–H and O–H groups in total. The van der Waals surface area contributed by atoms with Crippen molar-refractivity contribution in [2.75, 3.05) is 19.7 Å². The fourth-order valence-electron chi connectivity index (χ4n) is 3.80. The monoisotopic (exact) mass is 435 g/mol. The van der Waals surface area contributed by atoms with Gasteiger partial charge in [-0.3, -0.25) is 19.7 Å². The van der Waals surface area contributed by atoms with Crippen LogP contribution in [-0.4, -0.2) is 54.5 Å². The van der Waals surface area contributed by atoms with Crippen LogP contribution in [0.5, 0.6) is 0 Å². The summed E-state index contributed by atoms with van der Waals surface area (Å²) in [5.74, 6) is -1.63. The Hall–Kier alpha value is -2.61. The van der Waals surface area contributed by atoms with Crippen LogP contribution in [0, 0.1) is 5.92 Å². The Morgan fingerprint density at radius 2 is 1.63 bits per heavy atom. The zero-order chi connectivity index (χ0) is 21.5. The van der Waals surface area contributed by atoms with Gasteiger partial charge < -0.3 is 15.0 Å². The average Bonchev–Trinajstić information content (AvgIpc) is 3.25. The van der Waals surface area contributed by atoms with Crippen molar-refractivity contribution in [1.29, 1.82) is 0 Å². The lowest BCUT2D eigenvalue weighted by Gasteiger charge is -2.31. The number of carbonyl (C=O) groups is 4. The van der Waals surface area contributed by atoms with E-state index in [1.54, 1.807) is 29.2 Å². The van der Waals surface area contributed by atoms with Gasteiger partial charge in [-0.1, -0.05) is 24.4 Å². The molecule has 1 aromatic rings. The number of likely N-dealkylation sites (tertiary alicyclic amines) is 1. The van der Waals surface area contributed by atoms with Gasteiger partial charge in [0.15, 0.2) is 6.61 Å². The lowest BCUT2D eigenvalue weighted by Crippen LogP contribution is -2.45. The van der Waals surface area contributed by atoms with Crippen molar-refractivity contribution < 1.29 is 23.9 Å². The lowest BCUT2D eigenvalue weighted by atomic mass is 9.96. The number of rotatable bonds is 5. The molecular weight excluding hydrogens is 410 g/mol. The Morgan fingerprint density at radius 3 is 2.27 bits per heavy atom. The molecule has 1 aromatic carbocycles. The second-order valence-corrected chi connectivity index (χ2v) is 8.12. The van der Waals surface area contributed by atoms with Crippen LogP contribution in [0.25, 0.3) is 0 Å². The number of carbonyl (C=O) groups excluding carboxylic acids is 4. The highest BCUT2D eigenvalue weighted by molar-refractivity contribution is 6.30. The van der Waals surface area contributed by atoms with Gasteiger partial charge in [-0.15, -0.1) is 0 Å². The van der Waals surface area contributed by atoms with Gasteiger partial charge in [0.2, 0.25) is 0 Å². The molecule has 1 aliphatic heterocycles. The molecule has 30 heavy (non-hydrogen) atoms. The van der Waals surface area contributed by atoms with Crippen molar-refractivity contribution >= 4 is 35.4 Å². The third-order valence-corrected chi connectivity index (χ3v) is 5.75.